The Labute approximate surface area is 189 Å². The smallest absolute Gasteiger partial charge is 0.188 e. The van der Waals surface area contributed by atoms with Crippen LogP contribution in [0.15, 0.2) is 60.1 Å². The molecule has 0 saturated carbocycles. The van der Waals surface area contributed by atoms with Crippen molar-refractivity contribution in [3.63, 3.8) is 0 Å². The van der Waals surface area contributed by atoms with Crippen molar-refractivity contribution >= 4 is 40.2 Å². The number of rotatable bonds is 9. The summed E-state index contributed by atoms with van der Waals surface area (Å²) in [6.45, 7) is 1.37. The Hall–Kier alpha value is -2.13. The van der Waals surface area contributed by atoms with Crippen molar-refractivity contribution in [1.82, 2.24) is 20.3 Å². The maximum Gasteiger partial charge on any atom is 0.188 e. The van der Waals surface area contributed by atoms with Gasteiger partial charge in [-0.2, -0.15) is 0 Å². The van der Waals surface area contributed by atoms with Gasteiger partial charge in [-0.05, 0) is 77.7 Å². The molecule has 2 aromatic heterocycles. The number of nitrogens with one attached hydrogen (secondary N) is 2. The molecule has 3 aromatic rings. The molecule has 0 amide bonds. The Morgan fingerprint density at radius 3 is 2.93 bits per heavy atom. The standard InChI is InChI=1S/C21H24ClIN6/c22-16-10-15(11-17(23)12-16)19(20-5-1-2-7-26-20)6-9-28-21(24)27-8-3-4-18-13-25-14-29-18/h1-2,5,7,10-14,19H,3-4,6,8-9H2,(H,25,29)(H3,24,27,28). The number of H-pyrrole nitrogens is 1. The summed E-state index contributed by atoms with van der Waals surface area (Å²) in [5.74, 6) is 0.596. The Morgan fingerprint density at radius 2 is 2.21 bits per heavy atom. The van der Waals surface area contributed by atoms with Gasteiger partial charge in [0.25, 0.3) is 0 Å². The van der Waals surface area contributed by atoms with Gasteiger partial charge < -0.3 is 16.0 Å². The van der Waals surface area contributed by atoms with Crippen molar-refractivity contribution in [2.24, 2.45) is 10.7 Å². The van der Waals surface area contributed by atoms with Crippen molar-refractivity contribution in [1.29, 1.82) is 0 Å². The second-order valence-corrected chi connectivity index (χ2v) is 8.35. The second kappa shape index (κ2) is 11.2. The summed E-state index contributed by atoms with van der Waals surface area (Å²) in [7, 11) is 0. The van der Waals surface area contributed by atoms with Crippen LogP contribution in [0.2, 0.25) is 5.02 Å². The van der Waals surface area contributed by atoms with Crippen LogP contribution in [0.5, 0.6) is 0 Å². The number of halogens is 2. The highest BCUT2D eigenvalue weighted by Crippen LogP contribution is 2.29. The van der Waals surface area contributed by atoms with E-state index in [1.54, 1.807) is 6.33 Å². The first-order valence-electron chi connectivity index (χ1n) is 9.50. The third kappa shape index (κ3) is 7.01. The number of hydrogen-bond acceptors (Lipinski definition) is 3. The molecule has 2 heterocycles. The van der Waals surface area contributed by atoms with Crippen molar-refractivity contribution in [2.75, 3.05) is 13.1 Å². The van der Waals surface area contributed by atoms with Crippen LogP contribution in [0.1, 0.15) is 35.7 Å². The van der Waals surface area contributed by atoms with Gasteiger partial charge in [-0.25, -0.2) is 4.98 Å². The molecule has 0 radical (unpaired) electrons. The Bertz CT molecular complexity index is 894. The molecule has 29 heavy (non-hydrogen) atoms. The van der Waals surface area contributed by atoms with E-state index in [0.29, 0.717) is 19.0 Å². The van der Waals surface area contributed by atoms with Crippen LogP contribution in [0.4, 0.5) is 0 Å². The van der Waals surface area contributed by atoms with Crippen molar-refractivity contribution in [3.05, 3.63) is 80.7 Å². The zero-order valence-corrected chi connectivity index (χ0v) is 18.9. The van der Waals surface area contributed by atoms with Crippen LogP contribution < -0.4 is 11.1 Å². The average molecular weight is 523 g/mol. The van der Waals surface area contributed by atoms with E-state index in [1.807, 2.05) is 42.7 Å². The summed E-state index contributed by atoms with van der Waals surface area (Å²) in [4.78, 5) is 16.1. The fourth-order valence-corrected chi connectivity index (χ4v) is 4.26. The number of nitrogens with zero attached hydrogens (tertiary/aromatic N) is 3. The van der Waals surface area contributed by atoms with Gasteiger partial charge >= 0.3 is 0 Å². The quantitative estimate of drug-likeness (QED) is 0.171. The highest BCUT2D eigenvalue weighted by molar-refractivity contribution is 14.1. The lowest BCUT2D eigenvalue weighted by Gasteiger charge is -2.18. The maximum atomic E-state index is 6.29. The van der Waals surface area contributed by atoms with Gasteiger partial charge in [0.1, 0.15) is 0 Å². The van der Waals surface area contributed by atoms with E-state index in [9.17, 15) is 0 Å². The third-order valence-electron chi connectivity index (χ3n) is 4.51. The van der Waals surface area contributed by atoms with Crippen LogP contribution >= 0.6 is 34.2 Å². The molecule has 152 valence electrons. The molecule has 8 heteroatoms. The SMILES string of the molecule is NC(=NCCCc1cnc[nH]1)NCCC(c1cc(Cl)cc(I)c1)c1ccccn1. The van der Waals surface area contributed by atoms with Crippen LogP contribution in [0, 0.1) is 3.57 Å². The molecule has 6 nitrogen and oxygen atoms in total. The number of imidazole rings is 1. The Kier molecular flexibility index (Phi) is 8.30. The fraction of sp³-hybridized carbons (Fsp3) is 0.286. The second-order valence-electron chi connectivity index (χ2n) is 6.67. The zero-order chi connectivity index (χ0) is 20.5. The van der Waals surface area contributed by atoms with Crippen molar-refractivity contribution < 1.29 is 0 Å². The Morgan fingerprint density at radius 1 is 1.31 bits per heavy atom. The molecule has 3 rings (SSSR count). The number of aryl methyl sites for hydroxylation is 1. The van der Waals surface area contributed by atoms with Crippen molar-refractivity contribution in [2.45, 2.75) is 25.2 Å². The normalized spacial score (nSPS) is 12.7. The number of aromatic nitrogens is 3. The highest BCUT2D eigenvalue weighted by atomic mass is 127. The molecule has 0 aliphatic rings. The predicted octanol–water partition coefficient (Wildman–Crippen LogP) is 4.12. The number of aromatic amines is 1. The lowest BCUT2D eigenvalue weighted by molar-refractivity contribution is 0.672. The minimum absolute atomic E-state index is 0.129. The molecule has 0 saturated heterocycles. The van der Waals surface area contributed by atoms with Crippen LogP contribution in [-0.4, -0.2) is 34.0 Å². The largest absolute Gasteiger partial charge is 0.370 e. The summed E-state index contributed by atoms with van der Waals surface area (Å²) < 4.78 is 1.11. The topological polar surface area (TPSA) is 92.0 Å². The van der Waals surface area contributed by atoms with E-state index in [4.69, 9.17) is 17.3 Å². The highest BCUT2D eigenvalue weighted by Gasteiger charge is 2.16. The van der Waals surface area contributed by atoms with Gasteiger partial charge in [0.15, 0.2) is 5.96 Å². The lowest BCUT2D eigenvalue weighted by Crippen LogP contribution is -2.33. The van der Waals surface area contributed by atoms with Crippen LogP contribution in [0.25, 0.3) is 0 Å². The molecule has 0 fully saturated rings. The molecule has 1 unspecified atom stereocenters. The Balaban J connectivity index is 1.56. The number of benzene rings is 1. The molecular formula is C21H24ClIN6. The first-order chi connectivity index (χ1) is 14.1. The lowest BCUT2D eigenvalue weighted by atomic mass is 9.92. The maximum absolute atomic E-state index is 6.29. The summed E-state index contributed by atoms with van der Waals surface area (Å²) in [6, 6.07) is 12.1. The first kappa shape index (κ1) is 21.6. The van der Waals surface area contributed by atoms with E-state index < -0.39 is 0 Å². The average Bonchev–Trinajstić information content (AvgIpc) is 3.22. The molecule has 0 aliphatic heterocycles. The zero-order valence-electron chi connectivity index (χ0n) is 16.0. The number of guanidine groups is 1. The van der Waals surface area contributed by atoms with Gasteiger partial charge in [0.05, 0.1) is 6.33 Å². The van der Waals surface area contributed by atoms with E-state index in [2.05, 4.69) is 53.9 Å². The molecule has 0 bridgehead atoms. The van der Waals surface area contributed by atoms with E-state index in [1.165, 1.54) is 0 Å². The minimum Gasteiger partial charge on any atom is -0.370 e. The van der Waals surface area contributed by atoms with Crippen molar-refractivity contribution in [3.8, 4) is 0 Å². The van der Waals surface area contributed by atoms with Crippen LogP contribution in [-0.2, 0) is 6.42 Å². The number of nitrogens with two attached hydrogens (primary N) is 1. The van der Waals surface area contributed by atoms with E-state index in [-0.39, 0.29) is 5.92 Å². The number of pyridine rings is 1. The first-order valence-corrected chi connectivity index (χ1v) is 11.0. The molecule has 1 atom stereocenters. The summed E-state index contributed by atoms with van der Waals surface area (Å²) in [5.41, 5.74) is 9.30. The van der Waals surface area contributed by atoms with Gasteiger partial charge in [-0.15, -0.1) is 0 Å². The van der Waals surface area contributed by atoms with Gasteiger partial charge in [-0.1, -0.05) is 17.7 Å². The fourth-order valence-electron chi connectivity index (χ4n) is 3.13. The molecular weight excluding hydrogens is 499 g/mol. The summed E-state index contributed by atoms with van der Waals surface area (Å²) in [5, 5.41) is 3.96. The minimum atomic E-state index is 0.129. The molecule has 1 aromatic carbocycles. The predicted molar refractivity (Wildman–Crippen MR) is 126 cm³/mol. The summed E-state index contributed by atoms with van der Waals surface area (Å²) in [6.07, 6.45) is 8.00. The number of hydrogen-bond donors (Lipinski definition) is 3. The van der Waals surface area contributed by atoms with E-state index in [0.717, 1.165) is 44.8 Å². The van der Waals surface area contributed by atoms with Gasteiger partial charge in [0, 0.05) is 51.4 Å². The molecule has 0 spiro atoms. The van der Waals surface area contributed by atoms with E-state index >= 15 is 0 Å². The molecule has 4 N–H and O–H groups in total. The van der Waals surface area contributed by atoms with Crippen LogP contribution in [0.3, 0.4) is 0 Å². The monoisotopic (exact) mass is 522 g/mol. The number of aliphatic imine (C=N–C) groups is 1. The summed E-state index contributed by atoms with van der Waals surface area (Å²) >= 11 is 8.58. The molecule has 0 aliphatic carbocycles. The third-order valence-corrected chi connectivity index (χ3v) is 5.35. The van der Waals surface area contributed by atoms with Gasteiger partial charge in [0.2, 0.25) is 0 Å². The van der Waals surface area contributed by atoms with Gasteiger partial charge in [-0.3, -0.25) is 9.98 Å².